The number of hydrogen-bond donors (Lipinski definition) is 1. The molecule has 1 aromatic heterocycles. The van der Waals surface area contributed by atoms with Gasteiger partial charge in [0.2, 0.25) is 0 Å². The number of hydrogen-bond acceptors (Lipinski definition) is 3. The number of carbonyl (C=O) groups is 1. The topological polar surface area (TPSA) is 42.0 Å². The largest absolute Gasteiger partial charge is 0.343 e. The summed E-state index contributed by atoms with van der Waals surface area (Å²) < 4.78 is 14.1. The van der Waals surface area contributed by atoms with Crippen LogP contribution in [0.1, 0.15) is 28.3 Å². The van der Waals surface area contributed by atoms with Gasteiger partial charge in [0, 0.05) is 14.5 Å². The van der Waals surface area contributed by atoms with Crippen molar-refractivity contribution in [1.82, 2.24) is 10.3 Å². The molecule has 1 atom stereocenters. The molecular weight excluding hydrogens is 438 g/mol. The van der Waals surface area contributed by atoms with Crippen molar-refractivity contribution in [3.63, 3.8) is 0 Å². The number of nitrogens with one attached hydrogen (secondary N) is 1. The molecule has 3 nitrogen and oxygen atoms in total. The molecule has 6 heteroatoms. The van der Waals surface area contributed by atoms with Crippen LogP contribution in [-0.2, 0) is 0 Å². The first-order chi connectivity index (χ1) is 11.5. The van der Waals surface area contributed by atoms with Crippen LogP contribution in [0.5, 0.6) is 0 Å². The lowest BCUT2D eigenvalue weighted by atomic mass is 10.2. The fraction of sp³-hybridized carbons (Fsp3) is 0.111. The second-order valence-corrected chi connectivity index (χ2v) is 7.31. The van der Waals surface area contributed by atoms with Gasteiger partial charge in [0.05, 0.1) is 17.3 Å². The molecule has 0 aliphatic heterocycles. The van der Waals surface area contributed by atoms with Crippen molar-refractivity contribution in [2.45, 2.75) is 13.0 Å². The Kier molecular flexibility index (Phi) is 5.25. The molecule has 0 spiro atoms. The number of aromatic nitrogens is 1. The second kappa shape index (κ2) is 7.40. The van der Waals surface area contributed by atoms with E-state index in [-0.39, 0.29) is 11.9 Å². The molecule has 1 heterocycles. The lowest BCUT2D eigenvalue weighted by Gasteiger charge is -2.12. The van der Waals surface area contributed by atoms with Crippen LogP contribution in [-0.4, -0.2) is 10.9 Å². The molecule has 0 bridgehead atoms. The minimum Gasteiger partial charge on any atom is -0.343 e. The molecular formula is C18H14FIN2OS. The summed E-state index contributed by atoms with van der Waals surface area (Å²) in [5.74, 6) is -0.725. The van der Waals surface area contributed by atoms with E-state index in [9.17, 15) is 9.18 Å². The van der Waals surface area contributed by atoms with Crippen LogP contribution in [0.2, 0.25) is 0 Å². The molecule has 0 aliphatic carbocycles. The Bertz CT molecular complexity index is 866. The monoisotopic (exact) mass is 452 g/mol. The summed E-state index contributed by atoms with van der Waals surface area (Å²) in [4.78, 5) is 17.0. The van der Waals surface area contributed by atoms with Crippen LogP contribution in [0.4, 0.5) is 4.39 Å². The minimum absolute atomic E-state index is 0.251. The van der Waals surface area contributed by atoms with Crippen molar-refractivity contribution in [2.24, 2.45) is 0 Å². The minimum atomic E-state index is -0.422. The van der Waals surface area contributed by atoms with E-state index in [2.05, 4.69) is 10.3 Å². The molecule has 0 radical (unpaired) electrons. The summed E-state index contributed by atoms with van der Waals surface area (Å²) in [6.45, 7) is 1.87. The molecule has 24 heavy (non-hydrogen) atoms. The average Bonchev–Trinajstić information content (AvgIpc) is 3.08. The molecule has 3 aromatic rings. The van der Waals surface area contributed by atoms with E-state index in [1.807, 2.05) is 65.2 Å². The average molecular weight is 452 g/mol. The zero-order valence-electron chi connectivity index (χ0n) is 12.8. The maximum Gasteiger partial charge on any atom is 0.253 e. The smallest absolute Gasteiger partial charge is 0.253 e. The van der Waals surface area contributed by atoms with Gasteiger partial charge in [0.25, 0.3) is 5.91 Å². The first-order valence-electron chi connectivity index (χ1n) is 7.31. The summed E-state index contributed by atoms with van der Waals surface area (Å²) in [7, 11) is 0. The Morgan fingerprint density at radius 3 is 2.75 bits per heavy atom. The Morgan fingerprint density at radius 1 is 1.25 bits per heavy atom. The first-order valence-corrected chi connectivity index (χ1v) is 9.27. The Labute approximate surface area is 157 Å². The summed E-state index contributed by atoms with van der Waals surface area (Å²) in [5.41, 5.74) is 2.26. The molecule has 3 rings (SSSR count). The predicted octanol–water partition coefficient (Wildman–Crippen LogP) is 5.04. The number of rotatable bonds is 4. The van der Waals surface area contributed by atoms with Gasteiger partial charge in [-0.15, -0.1) is 11.3 Å². The second-order valence-electron chi connectivity index (χ2n) is 5.26. The lowest BCUT2D eigenvalue weighted by molar-refractivity contribution is 0.0938. The van der Waals surface area contributed by atoms with Crippen molar-refractivity contribution in [1.29, 1.82) is 0 Å². The fourth-order valence-electron chi connectivity index (χ4n) is 2.24. The van der Waals surface area contributed by atoms with E-state index in [1.165, 1.54) is 23.5 Å². The van der Waals surface area contributed by atoms with Gasteiger partial charge in [0.1, 0.15) is 10.8 Å². The third-order valence-corrected chi connectivity index (χ3v) is 5.45. The SMILES string of the molecule is CC(NC(=O)c1cc(F)ccc1I)c1nc(-c2ccccc2)cs1. The quantitative estimate of drug-likeness (QED) is 0.564. The van der Waals surface area contributed by atoms with E-state index in [1.54, 1.807) is 6.07 Å². The number of thiazole rings is 1. The van der Waals surface area contributed by atoms with Crippen molar-refractivity contribution in [2.75, 3.05) is 0 Å². The number of nitrogens with zero attached hydrogens (tertiary/aromatic N) is 1. The molecule has 122 valence electrons. The number of amides is 1. The molecule has 1 amide bonds. The standard InChI is InChI=1S/C18H14FIN2OS/c1-11(21-17(23)14-9-13(19)7-8-15(14)20)18-22-16(10-24-18)12-5-3-2-4-6-12/h2-11H,1H3,(H,21,23). The fourth-order valence-corrected chi connectivity index (χ4v) is 3.65. The molecule has 0 saturated carbocycles. The van der Waals surface area contributed by atoms with E-state index in [0.29, 0.717) is 9.13 Å². The molecule has 0 aliphatic rings. The molecule has 0 fully saturated rings. The lowest BCUT2D eigenvalue weighted by Crippen LogP contribution is -2.27. The summed E-state index contributed by atoms with van der Waals surface area (Å²) in [5, 5.41) is 5.67. The van der Waals surface area contributed by atoms with Crippen molar-refractivity contribution in [3.8, 4) is 11.3 Å². The Morgan fingerprint density at radius 2 is 2.00 bits per heavy atom. The van der Waals surface area contributed by atoms with Crippen LogP contribution < -0.4 is 5.32 Å². The molecule has 0 saturated heterocycles. The Balaban J connectivity index is 1.75. The maximum atomic E-state index is 13.4. The third-order valence-electron chi connectivity index (χ3n) is 3.48. The zero-order valence-corrected chi connectivity index (χ0v) is 15.8. The highest BCUT2D eigenvalue weighted by atomic mass is 127. The first kappa shape index (κ1) is 17.0. The van der Waals surface area contributed by atoms with Gasteiger partial charge in [-0.05, 0) is 47.7 Å². The summed E-state index contributed by atoms with van der Waals surface area (Å²) >= 11 is 3.52. The number of benzene rings is 2. The van der Waals surface area contributed by atoms with E-state index >= 15 is 0 Å². The van der Waals surface area contributed by atoms with Crippen LogP contribution in [0.25, 0.3) is 11.3 Å². The predicted molar refractivity (Wildman–Crippen MR) is 103 cm³/mol. The highest BCUT2D eigenvalue weighted by molar-refractivity contribution is 14.1. The van der Waals surface area contributed by atoms with Crippen LogP contribution >= 0.6 is 33.9 Å². The van der Waals surface area contributed by atoms with Crippen LogP contribution in [0.15, 0.2) is 53.9 Å². The highest BCUT2D eigenvalue weighted by Crippen LogP contribution is 2.25. The van der Waals surface area contributed by atoms with Crippen molar-refractivity contribution < 1.29 is 9.18 Å². The Hall–Kier alpha value is -1.80. The summed E-state index contributed by atoms with van der Waals surface area (Å²) in [6, 6.07) is 13.8. The van der Waals surface area contributed by atoms with Gasteiger partial charge < -0.3 is 5.32 Å². The van der Waals surface area contributed by atoms with Crippen LogP contribution in [0, 0.1) is 9.39 Å². The normalized spacial score (nSPS) is 12.0. The van der Waals surface area contributed by atoms with Crippen molar-refractivity contribution in [3.05, 3.63) is 73.9 Å². The third kappa shape index (κ3) is 3.81. The van der Waals surface area contributed by atoms with Gasteiger partial charge in [-0.2, -0.15) is 0 Å². The number of halogens is 2. The van der Waals surface area contributed by atoms with Gasteiger partial charge in [0.15, 0.2) is 0 Å². The van der Waals surface area contributed by atoms with Gasteiger partial charge in [-0.1, -0.05) is 30.3 Å². The number of carbonyl (C=O) groups excluding carboxylic acids is 1. The van der Waals surface area contributed by atoms with Crippen LogP contribution in [0.3, 0.4) is 0 Å². The summed E-state index contributed by atoms with van der Waals surface area (Å²) in [6.07, 6.45) is 0. The van der Waals surface area contributed by atoms with E-state index in [0.717, 1.165) is 16.3 Å². The van der Waals surface area contributed by atoms with E-state index < -0.39 is 5.82 Å². The van der Waals surface area contributed by atoms with Crippen molar-refractivity contribution >= 4 is 39.8 Å². The highest BCUT2D eigenvalue weighted by Gasteiger charge is 2.17. The molecule has 1 unspecified atom stereocenters. The molecule has 2 aromatic carbocycles. The van der Waals surface area contributed by atoms with Gasteiger partial charge in [-0.3, -0.25) is 4.79 Å². The maximum absolute atomic E-state index is 13.4. The van der Waals surface area contributed by atoms with Gasteiger partial charge >= 0.3 is 0 Å². The zero-order chi connectivity index (χ0) is 17.1. The molecule has 1 N–H and O–H groups in total. The van der Waals surface area contributed by atoms with Gasteiger partial charge in [-0.25, -0.2) is 9.37 Å². The van der Waals surface area contributed by atoms with E-state index in [4.69, 9.17) is 0 Å².